The van der Waals surface area contributed by atoms with E-state index in [1.54, 1.807) is 49.3 Å². The van der Waals surface area contributed by atoms with Gasteiger partial charge in [0.1, 0.15) is 5.82 Å². The fourth-order valence-corrected chi connectivity index (χ4v) is 4.11. The van der Waals surface area contributed by atoms with Crippen LogP contribution in [0.1, 0.15) is 37.3 Å². The highest BCUT2D eigenvalue weighted by molar-refractivity contribution is 5.93. The summed E-state index contributed by atoms with van der Waals surface area (Å²) in [6.07, 6.45) is 0.551. The SMILES string of the molecule is COc1ccc(NC(=O)[C@@H]2C[C@H](c3ccc(F)c(C)c3)CN(C(=O)NC(C)C)C2)cc1OC. The lowest BCUT2D eigenvalue weighted by molar-refractivity contribution is -0.121. The number of rotatable bonds is 6. The predicted octanol–water partition coefficient (Wildman–Crippen LogP) is 4.31. The monoisotopic (exact) mass is 457 g/mol. The first-order valence-electron chi connectivity index (χ1n) is 11.1. The second kappa shape index (κ2) is 10.6. The zero-order valence-corrected chi connectivity index (χ0v) is 19.8. The van der Waals surface area contributed by atoms with Gasteiger partial charge < -0.3 is 25.0 Å². The van der Waals surface area contributed by atoms with Gasteiger partial charge in [-0.25, -0.2) is 9.18 Å². The van der Waals surface area contributed by atoms with Crippen LogP contribution in [-0.2, 0) is 4.79 Å². The van der Waals surface area contributed by atoms with Gasteiger partial charge in [-0.3, -0.25) is 4.79 Å². The standard InChI is InChI=1S/C25H32FN3O4/c1-15(2)27-25(31)29-13-18(17-6-8-21(26)16(3)10-17)11-19(14-29)24(30)28-20-7-9-22(32-4)23(12-20)33-5/h6-10,12,15,18-19H,11,13-14H2,1-5H3,(H,27,31)(H,28,30)/t18-,19+/m0/s1. The van der Waals surface area contributed by atoms with Crippen LogP contribution < -0.4 is 20.1 Å². The van der Waals surface area contributed by atoms with E-state index >= 15 is 0 Å². The van der Waals surface area contributed by atoms with Crippen molar-refractivity contribution in [1.82, 2.24) is 10.2 Å². The first-order valence-corrected chi connectivity index (χ1v) is 11.1. The van der Waals surface area contributed by atoms with E-state index < -0.39 is 5.92 Å². The number of likely N-dealkylation sites (tertiary alicyclic amines) is 1. The third-order valence-corrected chi connectivity index (χ3v) is 5.83. The molecule has 7 nitrogen and oxygen atoms in total. The van der Waals surface area contributed by atoms with E-state index in [-0.39, 0.29) is 29.7 Å². The molecule has 0 aliphatic carbocycles. The maximum Gasteiger partial charge on any atom is 0.317 e. The Morgan fingerprint density at radius 2 is 1.79 bits per heavy atom. The number of carbonyl (C=O) groups is 2. The molecule has 1 aliphatic rings. The summed E-state index contributed by atoms with van der Waals surface area (Å²) in [5.41, 5.74) is 2.04. The van der Waals surface area contributed by atoms with Crippen LogP contribution in [0.4, 0.5) is 14.9 Å². The van der Waals surface area contributed by atoms with Gasteiger partial charge in [0.05, 0.1) is 20.1 Å². The molecular weight excluding hydrogens is 425 g/mol. The molecule has 33 heavy (non-hydrogen) atoms. The molecule has 2 aromatic rings. The zero-order valence-electron chi connectivity index (χ0n) is 19.8. The Morgan fingerprint density at radius 1 is 1.06 bits per heavy atom. The number of piperidine rings is 1. The maximum atomic E-state index is 13.8. The molecule has 0 bridgehead atoms. The number of ether oxygens (including phenoxy) is 2. The first-order chi connectivity index (χ1) is 15.7. The van der Waals surface area contributed by atoms with E-state index in [4.69, 9.17) is 9.47 Å². The highest BCUT2D eigenvalue weighted by atomic mass is 19.1. The predicted molar refractivity (Wildman–Crippen MR) is 125 cm³/mol. The number of methoxy groups -OCH3 is 2. The molecule has 0 radical (unpaired) electrons. The largest absolute Gasteiger partial charge is 0.493 e. The molecule has 0 spiro atoms. The summed E-state index contributed by atoms with van der Waals surface area (Å²) in [4.78, 5) is 27.7. The number of carbonyl (C=O) groups excluding carboxylic acids is 2. The van der Waals surface area contributed by atoms with E-state index in [0.29, 0.717) is 42.3 Å². The van der Waals surface area contributed by atoms with Crippen molar-refractivity contribution >= 4 is 17.6 Å². The molecule has 178 valence electrons. The Hall–Kier alpha value is -3.29. The van der Waals surface area contributed by atoms with Gasteiger partial charge in [-0.05, 0) is 56.5 Å². The number of nitrogens with zero attached hydrogens (tertiary/aromatic N) is 1. The van der Waals surface area contributed by atoms with Crippen molar-refractivity contribution in [1.29, 1.82) is 0 Å². The summed E-state index contributed by atoms with van der Waals surface area (Å²) >= 11 is 0. The molecule has 1 saturated heterocycles. The molecule has 1 heterocycles. The van der Waals surface area contributed by atoms with Gasteiger partial charge in [-0.1, -0.05) is 12.1 Å². The van der Waals surface area contributed by atoms with Crippen LogP contribution in [-0.4, -0.2) is 50.2 Å². The molecule has 8 heteroatoms. The van der Waals surface area contributed by atoms with Gasteiger partial charge in [-0.2, -0.15) is 0 Å². The van der Waals surface area contributed by atoms with Crippen LogP contribution in [0.5, 0.6) is 11.5 Å². The Labute approximate surface area is 194 Å². The van der Waals surface area contributed by atoms with Gasteiger partial charge in [0.15, 0.2) is 11.5 Å². The molecule has 0 saturated carbocycles. The first kappa shape index (κ1) is 24.4. The summed E-state index contributed by atoms with van der Waals surface area (Å²) < 4.78 is 24.4. The quantitative estimate of drug-likeness (QED) is 0.677. The van der Waals surface area contributed by atoms with Crippen LogP contribution in [0.25, 0.3) is 0 Å². The van der Waals surface area contributed by atoms with Gasteiger partial charge >= 0.3 is 6.03 Å². The smallest absolute Gasteiger partial charge is 0.317 e. The molecule has 2 N–H and O–H groups in total. The number of hydrogen-bond donors (Lipinski definition) is 2. The lowest BCUT2D eigenvalue weighted by atomic mass is 9.83. The average molecular weight is 458 g/mol. The summed E-state index contributed by atoms with van der Waals surface area (Å²) in [5, 5.41) is 5.84. The van der Waals surface area contributed by atoms with Crippen molar-refractivity contribution < 1.29 is 23.5 Å². The molecule has 1 fully saturated rings. The van der Waals surface area contributed by atoms with Crippen LogP contribution in [0, 0.1) is 18.7 Å². The highest BCUT2D eigenvalue weighted by Gasteiger charge is 2.35. The number of anilines is 1. The van der Waals surface area contributed by atoms with E-state index in [1.807, 2.05) is 13.8 Å². The number of amides is 3. The molecule has 0 unspecified atom stereocenters. The number of benzene rings is 2. The topological polar surface area (TPSA) is 79.9 Å². The van der Waals surface area contributed by atoms with Crippen LogP contribution >= 0.6 is 0 Å². The summed E-state index contributed by atoms with van der Waals surface area (Å²) in [6.45, 7) is 6.26. The fourth-order valence-electron chi connectivity index (χ4n) is 4.11. The molecule has 3 rings (SSSR count). The zero-order chi connectivity index (χ0) is 24.1. The Morgan fingerprint density at radius 3 is 2.42 bits per heavy atom. The van der Waals surface area contributed by atoms with Gasteiger partial charge in [-0.15, -0.1) is 0 Å². The second-order valence-corrected chi connectivity index (χ2v) is 8.71. The average Bonchev–Trinajstić information content (AvgIpc) is 2.79. The van der Waals surface area contributed by atoms with Gasteiger partial charge in [0.25, 0.3) is 0 Å². The highest BCUT2D eigenvalue weighted by Crippen LogP contribution is 2.33. The van der Waals surface area contributed by atoms with Crippen molar-refractivity contribution in [2.75, 3.05) is 32.6 Å². The number of urea groups is 1. The van der Waals surface area contributed by atoms with E-state index in [2.05, 4.69) is 10.6 Å². The van der Waals surface area contributed by atoms with Crippen molar-refractivity contribution in [3.8, 4) is 11.5 Å². The van der Waals surface area contributed by atoms with Crippen LogP contribution in [0.3, 0.4) is 0 Å². The molecule has 2 atom stereocenters. The number of nitrogens with one attached hydrogen (secondary N) is 2. The Bertz CT molecular complexity index is 1010. The molecule has 0 aromatic heterocycles. The maximum absolute atomic E-state index is 13.8. The van der Waals surface area contributed by atoms with Crippen molar-refractivity contribution in [2.24, 2.45) is 5.92 Å². The van der Waals surface area contributed by atoms with E-state index in [9.17, 15) is 14.0 Å². The Kier molecular flexibility index (Phi) is 7.79. The Balaban J connectivity index is 1.83. The molecule has 3 amide bonds. The number of halogens is 1. The van der Waals surface area contributed by atoms with Gasteiger partial charge in [0, 0.05) is 36.8 Å². The lowest BCUT2D eigenvalue weighted by Gasteiger charge is -2.38. The summed E-state index contributed by atoms with van der Waals surface area (Å²) in [6, 6.07) is 9.91. The summed E-state index contributed by atoms with van der Waals surface area (Å²) in [5.74, 6) is 0.102. The van der Waals surface area contributed by atoms with Crippen molar-refractivity contribution in [3.63, 3.8) is 0 Å². The third-order valence-electron chi connectivity index (χ3n) is 5.83. The van der Waals surface area contributed by atoms with Gasteiger partial charge in [0.2, 0.25) is 5.91 Å². The number of hydrogen-bond acceptors (Lipinski definition) is 4. The minimum Gasteiger partial charge on any atom is -0.493 e. The van der Waals surface area contributed by atoms with Crippen molar-refractivity contribution in [2.45, 2.75) is 39.2 Å². The van der Waals surface area contributed by atoms with Crippen molar-refractivity contribution in [3.05, 3.63) is 53.3 Å². The molecular formula is C25H32FN3O4. The minimum absolute atomic E-state index is 0.0232. The third kappa shape index (κ3) is 5.94. The second-order valence-electron chi connectivity index (χ2n) is 8.71. The van der Waals surface area contributed by atoms with Crippen LogP contribution in [0.2, 0.25) is 0 Å². The fraction of sp³-hybridized carbons (Fsp3) is 0.440. The molecule has 2 aromatic carbocycles. The van der Waals surface area contributed by atoms with Crippen LogP contribution in [0.15, 0.2) is 36.4 Å². The van der Waals surface area contributed by atoms with E-state index in [1.165, 1.54) is 13.2 Å². The lowest BCUT2D eigenvalue weighted by Crippen LogP contribution is -2.51. The van der Waals surface area contributed by atoms with E-state index in [0.717, 1.165) is 5.56 Å². The molecule has 1 aliphatic heterocycles. The number of aryl methyl sites for hydroxylation is 1. The normalized spacial score (nSPS) is 18.1. The summed E-state index contributed by atoms with van der Waals surface area (Å²) in [7, 11) is 3.08. The minimum atomic E-state index is -0.430.